The number of nitrogens with one attached hydrogen (secondary N) is 1. The van der Waals surface area contributed by atoms with E-state index in [-0.39, 0.29) is 21.8 Å². The van der Waals surface area contributed by atoms with Gasteiger partial charge in [0.25, 0.3) is 11.6 Å². The van der Waals surface area contributed by atoms with Crippen molar-refractivity contribution in [2.24, 2.45) is 0 Å². The van der Waals surface area contributed by atoms with Gasteiger partial charge in [-0.2, -0.15) is 5.26 Å². The number of nitro benzene ring substituents is 1. The SMILES string of the molecule is C[C@H](OC(=O)c1ccc(N(C)C)c([N+](=O)[O-])c1)C(=O)Nc1ccc(C#N)c(Cl)c1. The highest BCUT2D eigenvalue weighted by Crippen LogP contribution is 2.28. The number of benzene rings is 2. The van der Waals surface area contributed by atoms with Gasteiger partial charge in [-0.05, 0) is 37.3 Å². The molecule has 0 spiro atoms. The van der Waals surface area contributed by atoms with E-state index in [0.717, 1.165) is 6.07 Å². The molecule has 1 N–H and O–H groups in total. The van der Waals surface area contributed by atoms with Gasteiger partial charge in [-0.3, -0.25) is 14.9 Å². The molecular formula is C19H17ClN4O5. The first-order valence-electron chi connectivity index (χ1n) is 8.31. The lowest BCUT2D eigenvalue weighted by atomic mass is 10.1. The molecule has 0 aliphatic rings. The van der Waals surface area contributed by atoms with E-state index < -0.39 is 22.9 Å². The number of ether oxygens (including phenoxy) is 1. The quantitative estimate of drug-likeness (QED) is 0.434. The van der Waals surface area contributed by atoms with Gasteiger partial charge in [0.05, 0.1) is 21.1 Å². The summed E-state index contributed by atoms with van der Waals surface area (Å²) in [5.74, 6) is -1.50. The van der Waals surface area contributed by atoms with Crippen LogP contribution >= 0.6 is 11.6 Å². The summed E-state index contributed by atoms with van der Waals surface area (Å²) < 4.78 is 5.11. The molecule has 0 aliphatic heterocycles. The summed E-state index contributed by atoms with van der Waals surface area (Å²) in [6.45, 7) is 1.36. The van der Waals surface area contributed by atoms with Crippen LogP contribution in [0.15, 0.2) is 36.4 Å². The predicted octanol–water partition coefficient (Wildman–Crippen LogP) is 3.37. The van der Waals surface area contributed by atoms with Crippen molar-refractivity contribution in [3.63, 3.8) is 0 Å². The molecule has 0 fully saturated rings. The molecule has 0 unspecified atom stereocenters. The van der Waals surface area contributed by atoms with Crippen LogP contribution in [0, 0.1) is 21.4 Å². The van der Waals surface area contributed by atoms with Crippen molar-refractivity contribution in [3.8, 4) is 6.07 Å². The van der Waals surface area contributed by atoms with Crippen molar-refractivity contribution in [3.05, 3.63) is 62.7 Å². The van der Waals surface area contributed by atoms with Crippen LogP contribution in [0.1, 0.15) is 22.8 Å². The highest BCUT2D eigenvalue weighted by molar-refractivity contribution is 6.32. The topological polar surface area (TPSA) is 126 Å². The standard InChI is InChI=1S/C19H17ClN4O5/c1-11(18(25)22-14-6-4-13(10-21)15(20)9-14)29-19(26)12-5-7-16(23(2)3)17(8-12)24(27)28/h4-9,11H,1-3H3,(H,22,25)/t11-/m0/s1. The fraction of sp³-hybridized carbons (Fsp3) is 0.211. The molecule has 9 nitrogen and oxygen atoms in total. The van der Waals surface area contributed by atoms with Gasteiger partial charge < -0.3 is 15.0 Å². The number of nitrogens with zero attached hydrogens (tertiary/aromatic N) is 3. The molecule has 1 amide bonds. The van der Waals surface area contributed by atoms with Gasteiger partial charge >= 0.3 is 5.97 Å². The van der Waals surface area contributed by atoms with Crippen molar-refractivity contribution >= 4 is 40.5 Å². The van der Waals surface area contributed by atoms with E-state index in [1.54, 1.807) is 19.0 Å². The first-order chi connectivity index (χ1) is 13.6. The fourth-order valence-electron chi connectivity index (χ4n) is 2.38. The van der Waals surface area contributed by atoms with Gasteiger partial charge in [-0.25, -0.2) is 4.79 Å². The summed E-state index contributed by atoms with van der Waals surface area (Å²) in [5.41, 5.74) is 0.604. The van der Waals surface area contributed by atoms with E-state index in [4.69, 9.17) is 21.6 Å². The van der Waals surface area contributed by atoms with E-state index in [1.165, 1.54) is 37.3 Å². The smallest absolute Gasteiger partial charge is 0.339 e. The second kappa shape index (κ2) is 9.03. The molecule has 0 saturated carbocycles. The Bertz CT molecular complexity index is 1020. The van der Waals surface area contributed by atoms with Crippen LogP contribution in [-0.4, -0.2) is 37.0 Å². The highest BCUT2D eigenvalue weighted by atomic mass is 35.5. The Morgan fingerprint density at radius 3 is 2.52 bits per heavy atom. The van der Waals surface area contributed by atoms with Crippen LogP contribution in [0.4, 0.5) is 17.1 Å². The summed E-state index contributed by atoms with van der Waals surface area (Å²) in [4.78, 5) is 36.7. The number of halogens is 1. The molecule has 29 heavy (non-hydrogen) atoms. The third-order valence-electron chi connectivity index (χ3n) is 3.90. The Morgan fingerprint density at radius 2 is 1.97 bits per heavy atom. The van der Waals surface area contributed by atoms with Gasteiger partial charge in [0.2, 0.25) is 0 Å². The van der Waals surface area contributed by atoms with E-state index in [2.05, 4.69) is 5.32 Å². The maximum absolute atomic E-state index is 12.3. The molecule has 150 valence electrons. The predicted molar refractivity (Wildman–Crippen MR) is 107 cm³/mol. The molecule has 2 aromatic carbocycles. The van der Waals surface area contributed by atoms with Crippen molar-refractivity contribution in [2.45, 2.75) is 13.0 Å². The number of hydrogen-bond donors (Lipinski definition) is 1. The van der Waals surface area contributed by atoms with Crippen molar-refractivity contribution in [1.82, 2.24) is 0 Å². The Kier molecular flexibility index (Phi) is 6.75. The second-order valence-corrected chi connectivity index (χ2v) is 6.61. The molecule has 0 heterocycles. The molecule has 2 aromatic rings. The lowest BCUT2D eigenvalue weighted by Gasteiger charge is -2.15. The number of carbonyl (C=O) groups is 2. The third kappa shape index (κ3) is 5.21. The first kappa shape index (κ1) is 21.7. The number of hydrogen-bond acceptors (Lipinski definition) is 7. The van der Waals surface area contributed by atoms with Crippen molar-refractivity contribution in [1.29, 1.82) is 5.26 Å². The minimum Gasteiger partial charge on any atom is -0.449 e. The summed E-state index contributed by atoms with van der Waals surface area (Å²) in [6, 6.07) is 10.1. The summed E-state index contributed by atoms with van der Waals surface area (Å²) in [6.07, 6.45) is -1.18. The normalized spacial score (nSPS) is 11.1. The lowest BCUT2D eigenvalue weighted by Crippen LogP contribution is -2.30. The lowest BCUT2D eigenvalue weighted by molar-refractivity contribution is -0.384. The molecule has 2 rings (SSSR count). The van der Waals surface area contributed by atoms with Gasteiger partial charge in [0, 0.05) is 25.8 Å². The zero-order valence-electron chi connectivity index (χ0n) is 15.8. The Labute approximate surface area is 171 Å². The van der Waals surface area contributed by atoms with Crippen LogP contribution < -0.4 is 10.2 Å². The molecule has 1 atom stereocenters. The molecule has 0 bridgehead atoms. The maximum Gasteiger partial charge on any atom is 0.339 e. The molecule has 10 heteroatoms. The van der Waals surface area contributed by atoms with Crippen LogP contribution in [0.25, 0.3) is 0 Å². The maximum atomic E-state index is 12.3. The zero-order chi connectivity index (χ0) is 21.7. The average Bonchev–Trinajstić information content (AvgIpc) is 2.67. The van der Waals surface area contributed by atoms with Crippen LogP contribution in [0.2, 0.25) is 5.02 Å². The van der Waals surface area contributed by atoms with Crippen LogP contribution in [0.5, 0.6) is 0 Å². The Hall–Kier alpha value is -3.64. The summed E-state index contributed by atoms with van der Waals surface area (Å²) in [7, 11) is 3.28. The van der Waals surface area contributed by atoms with Crippen LogP contribution in [-0.2, 0) is 9.53 Å². The number of anilines is 2. The van der Waals surface area contributed by atoms with E-state index in [0.29, 0.717) is 11.4 Å². The van der Waals surface area contributed by atoms with Crippen LogP contribution in [0.3, 0.4) is 0 Å². The number of esters is 1. The first-order valence-corrected chi connectivity index (χ1v) is 8.69. The molecule has 0 radical (unpaired) electrons. The second-order valence-electron chi connectivity index (χ2n) is 6.20. The largest absolute Gasteiger partial charge is 0.449 e. The molecule has 0 aliphatic carbocycles. The van der Waals surface area contributed by atoms with E-state index >= 15 is 0 Å². The monoisotopic (exact) mass is 416 g/mol. The molecule has 0 aromatic heterocycles. The Balaban J connectivity index is 2.11. The zero-order valence-corrected chi connectivity index (χ0v) is 16.6. The molecular weight excluding hydrogens is 400 g/mol. The number of carbonyl (C=O) groups excluding carboxylic acids is 2. The van der Waals surface area contributed by atoms with Gasteiger partial charge in [-0.1, -0.05) is 11.6 Å². The van der Waals surface area contributed by atoms with Gasteiger partial charge in [0.15, 0.2) is 6.10 Å². The molecule has 0 saturated heterocycles. The fourth-order valence-corrected chi connectivity index (χ4v) is 2.61. The highest BCUT2D eigenvalue weighted by Gasteiger charge is 2.23. The number of rotatable bonds is 6. The van der Waals surface area contributed by atoms with Gasteiger partial charge in [0.1, 0.15) is 11.8 Å². The Morgan fingerprint density at radius 1 is 1.28 bits per heavy atom. The minimum absolute atomic E-state index is 0.0524. The summed E-state index contributed by atoms with van der Waals surface area (Å²) >= 11 is 5.91. The van der Waals surface area contributed by atoms with E-state index in [9.17, 15) is 19.7 Å². The number of nitro groups is 1. The number of amides is 1. The van der Waals surface area contributed by atoms with Gasteiger partial charge in [-0.15, -0.1) is 0 Å². The van der Waals surface area contributed by atoms with Crippen molar-refractivity contribution in [2.75, 3.05) is 24.3 Å². The van der Waals surface area contributed by atoms with Crippen molar-refractivity contribution < 1.29 is 19.2 Å². The number of nitriles is 1. The minimum atomic E-state index is -1.18. The average molecular weight is 417 g/mol. The van der Waals surface area contributed by atoms with E-state index in [1.807, 2.05) is 6.07 Å². The summed E-state index contributed by atoms with van der Waals surface area (Å²) in [5, 5.41) is 22.8. The third-order valence-corrected chi connectivity index (χ3v) is 4.21.